The Morgan fingerprint density at radius 1 is 0.900 bits per heavy atom. The van der Waals surface area contributed by atoms with Gasteiger partial charge in [-0.3, -0.25) is 9.59 Å². The van der Waals surface area contributed by atoms with Gasteiger partial charge in [0.25, 0.3) is 0 Å². The molecular weight excluding hydrogens is 692 g/mol. The lowest BCUT2D eigenvalue weighted by Gasteiger charge is -2.41. The van der Waals surface area contributed by atoms with E-state index in [1.165, 1.54) is 11.3 Å². The minimum Gasteiger partial charge on any atom is -0.368 e. The zero-order chi connectivity index (χ0) is 35.2. The van der Waals surface area contributed by atoms with E-state index in [9.17, 15) is 14.4 Å². The average Bonchev–Trinajstić information content (AvgIpc) is 3.12. The summed E-state index contributed by atoms with van der Waals surface area (Å²) in [5.41, 5.74) is 6.71. The van der Waals surface area contributed by atoms with Gasteiger partial charge in [-0.2, -0.15) is 0 Å². The molecule has 3 aromatic rings. The van der Waals surface area contributed by atoms with Crippen molar-refractivity contribution in [1.29, 1.82) is 0 Å². The molecule has 50 heavy (non-hydrogen) atoms. The number of urea groups is 1. The lowest BCUT2D eigenvalue weighted by Crippen LogP contribution is -2.52. The van der Waals surface area contributed by atoms with Gasteiger partial charge in [-0.1, -0.05) is 58.4 Å². The van der Waals surface area contributed by atoms with Crippen molar-refractivity contribution in [3.05, 3.63) is 93.5 Å². The van der Waals surface area contributed by atoms with E-state index in [0.717, 1.165) is 72.2 Å². The summed E-state index contributed by atoms with van der Waals surface area (Å²) in [7, 11) is 4.22. The highest BCUT2D eigenvalue weighted by molar-refractivity contribution is 9.10. The van der Waals surface area contributed by atoms with Gasteiger partial charge in [-0.05, 0) is 106 Å². The third-order valence-electron chi connectivity index (χ3n) is 10.6. The van der Waals surface area contributed by atoms with Crippen molar-refractivity contribution < 1.29 is 14.4 Å². The number of piperazine rings is 1. The number of likely N-dealkylation sites (tertiary alicyclic amines) is 1. The monoisotopic (exact) mass is 742 g/mol. The Kier molecular flexibility index (Phi) is 11.8. The number of hydrogen-bond donors (Lipinski definition) is 1. The lowest BCUT2D eigenvalue weighted by atomic mass is 9.92. The van der Waals surface area contributed by atoms with E-state index in [1.54, 1.807) is 0 Å². The molecule has 6 rings (SSSR count). The predicted molar refractivity (Wildman–Crippen MR) is 203 cm³/mol. The predicted octanol–water partition coefficient (Wildman–Crippen LogP) is 6.19. The highest BCUT2D eigenvalue weighted by atomic mass is 79.9. The highest BCUT2D eigenvalue weighted by Crippen LogP contribution is 2.29. The van der Waals surface area contributed by atoms with Gasteiger partial charge in [0.15, 0.2) is 0 Å². The SMILES string of the molecule is Cc1cc(CC(CC(=O)N2CCC(N3Cc4ccccc4NC3=O)CC2)C(=O)N2CCN(c3ccc(CCCN(C)C)cc3)CC2)ccc1Br. The number of carbonyl (C=O) groups excluding carboxylic acids is 3. The van der Waals surface area contributed by atoms with E-state index in [0.29, 0.717) is 39.1 Å². The number of nitrogens with zero attached hydrogens (tertiary/aromatic N) is 5. The van der Waals surface area contributed by atoms with Crippen LogP contribution >= 0.6 is 15.9 Å². The molecule has 0 spiro atoms. The summed E-state index contributed by atoms with van der Waals surface area (Å²) in [5, 5.41) is 3.02. The number of nitrogens with one attached hydrogen (secondary N) is 1. The molecule has 0 radical (unpaired) electrons. The minimum atomic E-state index is -0.432. The Balaban J connectivity index is 1.06. The molecule has 3 heterocycles. The highest BCUT2D eigenvalue weighted by Gasteiger charge is 2.35. The first-order chi connectivity index (χ1) is 24.1. The Morgan fingerprint density at radius 2 is 1.60 bits per heavy atom. The molecule has 1 unspecified atom stereocenters. The fourth-order valence-electron chi connectivity index (χ4n) is 7.57. The molecule has 1 N–H and O–H groups in total. The molecule has 0 aliphatic carbocycles. The van der Waals surface area contributed by atoms with Crippen LogP contribution in [0.1, 0.15) is 47.9 Å². The van der Waals surface area contributed by atoms with Crippen molar-refractivity contribution in [1.82, 2.24) is 19.6 Å². The van der Waals surface area contributed by atoms with Gasteiger partial charge >= 0.3 is 6.03 Å². The van der Waals surface area contributed by atoms with Crippen LogP contribution in [0.4, 0.5) is 16.2 Å². The second kappa shape index (κ2) is 16.4. The molecule has 2 saturated heterocycles. The molecule has 1 atom stereocenters. The molecule has 3 aliphatic heterocycles. The molecule has 266 valence electrons. The van der Waals surface area contributed by atoms with Crippen LogP contribution in [0.2, 0.25) is 0 Å². The third kappa shape index (κ3) is 8.87. The maximum atomic E-state index is 14.2. The number of fused-ring (bicyclic) bond motifs is 1. The number of halogens is 1. The number of anilines is 2. The second-order valence-corrected chi connectivity index (χ2v) is 15.3. The molecule has 3 aromatic carbocycles. The zero-order valence-electron chi connectivity index (χ0n) is 29.7. The number of aryl methyl sites for hydroxylation is 2. The summed E-state index contributed by atoms with van der Waals surface area (Å²) in [6.45, 7) is 7.70. The first kappa shape index (κ1) is 35.9. The van der Waals surface area contributed by atoms with E-state index >= 15 is 0 Å². The standard InChI is InChI=1S/C40H51BrN6O3/c1-29-25-31(12-15-36(29)41)26-33(39(49)46-23-21-44(22-24-46)34-13-10-30(11-14-34)7-6-18-43(2)3)27-38(48)45-19-16-35(17-20-45)47-28-32-8-4-5-9-37(32)42-40(47)50/h4-5,8-15,25,33,35H,6-7,16-24,26-28H2,1-3H3,(H,42,50). The number of piperidine rings is 1. The summed E-state index contributed by atoms with van der Waals surface area (Å²) >= 11 is 3.60. The van der Waals surface area contributed by atoms with Gasteiger partial charge in [0, 0.05) is 74.1 Å². The van der Waals surface area contributed by atoms with Crippen LogP contribution in [-0.4, -0.2) is 103 Å². The van der Waals surface area contributed by atoms with E-state index in [1.807, 2.05) is 39.0 Å². The van der Waals surface area contributed by atoms with Crippen LogP contribution in [0.15, 0.2) is 71.2 Å². The minimum absolute atomic E-state index is 0.0217. The fourth-order valence-corrected chi connectivity index (χ4v) is 7.81. The van der Waals surface area contributed by atoms with E-state index in [2.05, 4.69) is 94.5 Å². The van der Waals surface area contributed by atoms with Crippen molar-refractivity contribution in [3.8, 4) is 0 Å². The number of amides is 4. The lowest BCUT2D eigenvalue weighted by molar-refractivity contribution is -0.142. The maximum absolute atomic E-state index is 14.2. The number of para-hydroxylation sites is 1. The van der Waals surface area contributed by atoms with Crippen LogP contribution in [0.25, 0.3) is 0 Å². The van der Waals surface area contributed by atoms with Gasteiger partial charge in [0.05, 0.1) is 5.92 Å². The molecule has 4 amide bonds. The molecule has 3 aliphatic rings. The van der Waals surface area contributed by atoms with Crippen LogP contribution in [-0.2, 0) is 29.0 Å². The zero-order valence-corrected chi connectivity index (χ0v) is 31.3. The smallest absolute Gasteiger partial charge is 0.322 e. The van der Waals surface area contributed by atoms with Gasteiger partial charge in [-0.15, -0.1) is 0 Å². The van der Waals surface area contributed by atoms with Crippen molar-refractivity contribution in [3.63, 3.8) is 0 Å². The van der Waals surface area contributed by atoms with E-state index in [-0.39, 0.29) is 30.3 Å². The average molecular weight is 744 g/mol. The van der Waals surface area contributed by atoms with Crippen molar-refractivity contribution in [2.45, 2.75) is 58.0 Å². The maximum Gasteiger partial charge on any atom is 0.322 e. The number of rotatable bonds is 11. The second-order valence-electron chi connectivity index (χ2n) is 14.4. The van der Waals surface area contributed by atoms with Crippen LogP contribution in [0.3, 0.4) is 0 Å². The molecule has 0 bridgehead atoms. The summed E-state index contributed by atoms with van der Waals surface area (Å²) < 4.78 is 1.03. The third-order valence-corrected chi connectivity index (χ3v) is 11.4. The Morgan fingerprint density at radius 3 is 2.30 bits per heavy atom. The first-order valence-electron chi connectivity index (χ1n) is 18.1. The molecule has 0 aromatic heterocycles. The van der Waals surface area contributed by atoms with Crippen LogP contribution < -0.4 is 10.2 Å². The fraction of sp³-hybridized carbons (Fsp3) is 0.475. The number of benzene rings is 3. The first-order valence-corrected chi connectivity index (χ1v) is 18.9. The van der Waals surface area contributed by atoms with Crippen molar-refractivity contribution in [2.24, 2.45) is 5.92 Å². The summed E-state index contributed by atoms with van der Waals surface area (Å²) in [6, 6.07) is 23.0. The number of carbonyl (C=O) groups is 3. The van der Waals surface area contributed by atoms with Gasteiger partial charge in [-0.25, -0.2) is 4.79 Å². The molecule has 0 saturated carbocycles. The Bertz CT molecular complexity index is 1650. The summed E-state index contributed by atoms with van der Waals surface area (Å²) in [6.07, 6.45) is 4.38. The molecular formula is C40H51BrN6O3. The van der Waals surface area contributed by atoms with Crippen LogP contribution in [0, 0.1) is 12.8 Å². The molecule has 10 heteroatoms. The van der Waals surface area contributed by atoms with Gasteiger partial charge in [0.1, 0.15) is 0 Å². The van der Waals surface area contributed by atoms with Crippen molar-refractivity contribution >= 4 is 45.2 Å². The van der Waals surface area contributed by atoms with Crippen LogP contribution in [0.5, 0.6) is 0 Å². The normalized spacial score (nSPS) is 17.5. The topological polar surface area (TPSA) is 79.4 Å². The molecule has 9 nitrogen and oxygen atoms in total. The Hall–Kier alpha value is -3.89. The van der Waals surface area contributed by atoms with E-state index in [4.69, 9.17) is 0 Å². The van der Waals surface area contributed by atoms with E-state index < -0.39 is 5.92 Å². The largest absolute Gasteiger partial charge is 0.368 e. The summed E-state index contributed by atoms with van der Waals surface area (Å²) in [5.74, 6) is -0.347. The summed E-state index contributed by atoms with van der Waals surface area (Å²) in [4.78, 5) is 51.3. The molecule has 2 fully saturated rings. The van der Waals surface area contributed by atoms with Crippen molar-refractivity contribution in [2.75, 3.05) is 70.1 Å². The quantitative estimate of drug-likeness (QED) is 0.254. The Labute approximate surface area is 305 Å². The number of hydrogen-bond acceptors (Lipinski definition) is 5. The van der Waals surface area contributed by atoms with Gasteiger partial charge in [0.2, 0.25) is 11.8 Å². The van der Waals surface area contributed by atoms with Gasteiger partial charge < -0.3 is 29.8 Å².